The third-order valence-corrected chi connectivity index (χ3v) is 3.59. The van der Waals surface area contributed by atoms with Crippen LogP contribution in [0.2, 0.25) is 0 Å². The molecule has 7 nitrogen and oxygen atoms in total. The SMILES string of the molecule is CCOC(=O)c1cc2nc(SC)[nH]c(=O)c2cc1C(=O)OCC. The number of carbonyl (C=O) groups excluding carboxylic acids is 2. The van der Waals surface area contributed by atoms with Crippen molar-refractivity contribution in [3.63, 3.8) is 0 Å². The van der Waals surface area contributed by atoms with Crippen molar-refractivity contribution in [2.24, 2.45) is 0 Å². The standard InChI is InChI=1S/C15H16N2O5S/c1-4-21-13(19)8-6-10-11(7-9(8)14(20)22-5-2)16-15(23-3)17-12(10)18/h6-7H,4-5H2,1-3H3,(H,16,17,18). The molecule has 0 radical (unpaired) electrons. The molecule has 1 heterocycles. The number of nitrogens with zero attached hydrogens (tertiary/aromatic N) is 1. The summed E-state index contributed by atoms with van der Waals surface area (Å²) >= 11 is 1.27. The molecule has 0 unspecified atom stereocenters. The highest BCUT2D eigenvalue weighted by atomic mass is 32.2. The number of hydrogen-bond donors (Lipinski definition) is 1. The average Bonchev–Trinajstić information content (AvgIpc) is 2.54. The Morgan fingerprint density at radius 3 is 2.22 bits per heavy atom. The molecule has 0 fully saturated rings. The summed E-state index contributed by atoms with van der Waals surface area (Å²) in [7, 11) is 0. The smallest absolute Gasteiger partial charge is 0.339 e. The molecule has 0 aliphatic carbocycles. The number of thioether (sulfide) groups is 1. The maximum Gasteiger partial charge on any atom is 0.339 e. The molecule has 0 spiro atoms. The van der Waals surface area contributed by atoms with Crippen molar-refractivity contribution in [3.05, 3.63) is 33.6 Å². The zero-order chi connectivity index (χ0) is 17.0. The van der Waals surface area contributed by atoms with Crippen LogP contribution in [-0.2, 0) is 9.47 Å². The summed E-state index contributed by atoms with van der Waals surface area (Å²) in [5.41, 5.74) is -0.0561. The molecule has 1 aromatic heterocycles. The summed E-state index contributed by atoms with van der Waals surface area (Å²) in [4.78, 5) is 43.2. The van der Waals surface area contributed by atoms with E-state index in [0.29, 0.717) is 10.7 Å². The largest absolute Gasteiger partial charge is 0.462 e. The second kappa shape index (κ2) is 7.28. The highest BCUT2D eigenvalue weighted by Gasteiger charge is 2.22. The van der Waals surface area contributed by atoms with Gasteiger partial charge in [0.15, 0.2) is 5.16 Å². The number of hydrogen-bond acceptors (Lipinski definition) is 7. The molecule has 0 aliphatic heterocycles. The summed E-state index contributed by atoms with van der Waals surface area (Å²) in [6.07, 6.45) is 1.77. The van der Waals surface area contributed by atoms with Crippen molar-refractivity contribution in [3.8, 4) is 0 Å². The molecule has 23 heavy (non-hydrogen) atoms. The van der Waals surface area contributed by atoms with E-state index in [1.807, 2.05) is 0 Å². The first-order chi connectivity index (χ1) is 11.0. The fourth-order valence-corrected chi connectivity index (χ4v) is 2.40. The number of benzene rings is 1. The molecule has 0 bridgehead atoms. The van der Waals surface area contributed by atoms with E-state index in [0.717, 1.165) is 0 Å². The van der Waals surface area contributed by atoms with Crippen LogP contribution in [0.4, 0.5) is 0 Å². The van der Waals surface area contributed by atoms with E-state index in [1.165, 1.54) is 23.9 Å². The van der Waals surface area contributed by atoms with Crippen LogP contribution in [0.1, 0.15) is 34.6 Å². The number of rotatable bonds is 5. The zero-order valence-electron chi connectivity index (χ0n) is 13.0. The molecule has 1 aromatic carbocycles. The number of H-pyrrole nitrogens is 1. The number of carbonyl (C=O) groups is 2. The lowest BCUT2D eigenvalue weighted by Gasteiger charge is -2.10. The van der Waals surface area contributed by atoms with Crippen molar-refractivity contribution < 1.29 is 19.1 Å². The second-order valence-corrected chi connectivity index (χ2v) is 5.23. The number of esters is 2. The molecule has 0 aliphatic rings. The van der Waals surface area contributed by atoms with Gasteiger partial charge in [0.25, 0.3) is 5.56 Å². The molecule has 2 rings (SSSR count). The van der Waals surface area contributed by atoms with Crippen LogP contribution in [0.3, 0.4) is 0 Å². The van der Waals surface area contributed by atoms with Gasteiger partial charge in [0.1, 0.15) is 0 Å². The second-order valence-electron chi connectivity index (χ2n) is 4.43. The van der Waals surface area contributed by atoms with E-state index in [1.54, 1.807) is 20.1 Å². The van der Waals surface area contributed by atoms with Gasteiger partial charge >= 0.3 is 11.9 Å². The van der Waals surface area contributed by atoms with Crippen LogP contribution in [0.5, 0.6) is 0 Å². The lowest BCUT2D eigenvalue weighted by atomic mass is 10.0. The summed E-state index contributed by atoms with van der Waals surface area (Å²) in [5, 5.41) is 0.625. The fraction of sp³-hybridized carbons (Fsp3) is 0.333. The summed E-state index contributed by atoms with van der Waals surface area (Å²) in [6, 6.07) is 2.70. The van der Waals surface area contributed by atoms with Crippen LogP contribution >= 0.6 is 11.8 Å². The quantitative estimate of drug-likeness (QED) is 0.506. The predicted octanol–water partition coefficient (Wildman–Crippen LogP) is 2.00. The molecule has 122 valence electrons. The Kier molecular flexibility index (Phi) is 5.38. The molecule has 0 atom stereocenters. The van der Waals surface area contributed by atoms with Crippen LogP contribution in [0, 0.1) is 0 Å². The number of fused-ring (bicyclic) bond motifs is 1. The molecular weight excluding hydrogens is 320 g/mol. The Bertz CT molecular complexity index is 815. The topological polar surface area (TPSA) is 98.4 Å². The van der Waals surface area contributed by atoms with Crippen molar-refractivity contribution in [2.45, 2.75) is 19.0 Å². The van der Waals surface area contributed by atoms with E-state index in [2.05, 4.69) is 9.97 Å². The van der Waals surface area contributed by atoms with Crippen molar-refractivity contribution >= 4 is 34.6 Å². The van der Waals surface area contributed by atoms with Gasteiger partial charge in [0.05, 0.1) is 35.2 Å². The first kappa shape index (κ1) is 17.0. The summed E-state index contributed by atoms with van der Waals surface area (Å²) in [6.45, 7) is 3.64. The molecule has 0 saturated carbocycles. The first-order valence-electron chi connectivity index (χ1n) is 6.98. The lowest BCUT2D eigenvalue weighted by molar-refractivity contribution is 0.0479. The number of nitrogens with one attached hydrogen (secondary N) is 1. The minimum Gasteiger partial charge on any atom is -0.462 e. The van der Waals surface area contributed by atoms with Gasteiger partial charge in [-0.1, -0.05) is 11.8 Å². The maximum atomic E-state index is 12.1. The Balaban J connectivity index is 2.72. The van der Waals surface area contributed by atoms with Gasteiger partial charge in [-0.2, -0.15) is 0 Å². The van der Waals surface area contributed by atoms with Gasteiger partial charge in [-0.25, -0.2) is 14.6 Å². The van der Waals surface area contributed by atoms with E-state index in [9.17, 15) is 14.4 Å². The average molecular weight is 336 g/mol. The highest BCUT2D eigenvalue weighted by Crippen LogP contribution is 2.20. The van der Waals surface area contributed by atoms with Crippen molar-refractivity contribution in [1.29, 1.82) is 0 Å². The normalized spacial score (nSPS) is 10.6. The molecule has 2 aromatic rings. The van der Waals surface area contributed by atoms with Gasteiger partial charge in [0, 0.05) is 0 Å². The van der Waals surface area contributed by atoms with Crippen LogP contribution in [-0.4, -0.2) is 41.4 Å². The molecule has 0 amide bonds. The minimum atomic E-state index is -0.689. The molecular formula is C15H16N2O5S. The van der Waals surface area contributed by atoms with Crippen molar-refractivity contribution in [2.75, 3.05) is 19.5 Å². The zero-order valence-corrected chi connectivity index (χ0v) is 13.8. The fourth-order valence-electron chi connectivity index (χ4n) is 2.02. The molecule has 8 heteroatoms. The van der Waals surface area contributed by atoms with E-state index >= 15 is 0 Å². The van der Waals surface area contributed by atoms with E-state index < -0.39 is 11.9 Å². The van der Waals surface area contributed by atoms with Gasteiger partial charge in [0.2, 0.25) is 0 Å². The monoisotopic (exact) mass is 336 g/mol. The van der Waals surface area contributed by atoms with Gasteiger partial charge < -0.3 is 14.5 Å². The predicted molar refractivity (Wildman–Crippen MR) is 86.1 cm³/mol. The molecule has 0 saturated heterocycles. The maximum absolute atomic E-state index is 12.1. The van der Waals surface area contributed by atoms with Gasteiger partial charge in [-0.05, 0) is 32.2 Å². The Morgan fingerprint density at radius 2 is 1.70 bits per heavy atom. The highest BCUT2D eigenvalue weighted by molar-refractivity contribution is 7.98. The van der Waals surface area contributed by atoms with Crippen molar-refractivity contribution in [1.82, 2.24) is 9.97 Å². The third kappa shape index (κ3) is 3.53. The van der Waals surface area contributed by atoms with Gasteiger partial charge in [-0.15, -0.1) is 0 Å². The van der Waals surface area contributed by atoms with E-state index in [-0.39, 0.29) is 35.3 Å². The minimum absolute atomic E-state index is 0.0120. The van der Waals surface area contributed by atoms with Crippen LogP contribution in [0.25, 0.3) is 10.9 Å². The lowest BCUT2D eigenvalue weighted by Crippen LogP contribution is -2.17. The Morgan fingerprint density at radius 1 is 1.13 bits per heavy atom. The first-order valence-corrected chi connectivity index (χ1v) is 8.20. The third-order valence-electron chi connectivity index (χ3n) is 3.01. The number of ether oxygens (including phenoxy) is 2. The summed E-state index contributed by atoms with van der Waals surface area (Å²) < 4.78 is 9.91. The number of aromatic nitrogens is 2. The van der Waals surface area contributed by atoms with Crippen LogP contribution < -0.4 is 5.56 Å². The number of aromatic amines is 1. The Hall–Kier alpha value is -2.35. The van der Waals surface area contributed by atoms with Crippen LogP contribution in [0.15, 0.2) is 22.1 Å². The Labute approximate surface area is 136 Å². The molecule has 1 N–H and O–H groups in total. The summed E-state index contributed by atoms with van der Waals surface area (Å²) in [5.74, 6) is -1.35. The van der Waals surface area contributed by atoms with E-state index in [4.69, 9.17) is 9.47 Å². The van der Waals surface area contributed by atoms with Gasteiger partial charge in [-0.3, -0.25) is 4.79 Å².